The molecule has 0 aliphatic rings. The molecule has 1 aromatic rings. The second kappa shape index (κ2) is 3.15. The van der Waals surface area contributed by atoms with Crippen LogP contribution in [-0.2, 0) is 0 Å². The number of rotatable bonds is 1. The molecule has 0 saturated carbocycles. The Hall–Kier alpha value is -0.680. The molecule has 0 atom stereocenters. The lowest BCUT2D eigenvalue weighted by atomic mass is 10.4. The molecule has 1 heterocycles. The van der Waals surface area contributed by atoms with Crippen molar-refractivity contribution in [1.29, 1.82) is 0 Å². The van der Waals surface area contributed by atoms with Gasteiger partial charge in [-0.05, 0) is 22.0 Å². The number of pyridine rings is 1. The average molecular weight is 237 g/mol. The fraction of sp³-hybridized carbons (Fsp3) is 0. The summed E-state index contributed by atoms with van der Waals surface area (Å²) in [4.78, 5) is 13.3. The molecule has 0 saturated heterocycles. The number of hydrogen-bond acceptors (Lipinski definition) is 3. The first kappa shape index (κ1) is 8.42. The van der Waals surface area contributed by atoms with Gasteiger partial charge in [0, 0.05) is 0 Å². The van der Waals surface area contributed by atoms with Crippen LogP contribution in [0.2, 0.25) is 5.02 Å². The standard InChI is InChI=1S/C5H2BrClN2O2/c6-5-1-3(7)4(2-8-5)9(10)11/h1-2H. The molecule has 0 aliphatic heterocycles. The number of nitrogens with zero attached hydrogens (tertiary/aromatic N) is 2. The summed E-state index contributed by atoms with van der Waals surface area (Å²) >= 11 is 8.54. The van der Waals surface area contributed by atoms with Gasteiger partial charge in [-0.3, -0.25) is 10.1 Å². The van der Waals surface area contributed by atoms with Gasteiger partial charge in [0.1, 0.15) is 15.8 Å². The molecule has 4 nitrogen and oxygen atoms in total. The van der Waals surface area contributed by atoms with Crippen molar-refractivity contribution in [2.75, 3.05) is 0 Å². The van der Waals surface area contributed by atoms with Crippen molar-refractivity contribution in [3.63, 3.8) is 0 Å². The summed E-state index contributed by atoms with van der Waals surface area (Å²) in [6.45, 7) is 0. The summed E-state index contributed by atoms with van der Waals surface area (Å²) in [6.07, 6.45) is 1.10. The Bertz CT molecular complexity index is 305. The maximum Gasteiger partial charge on any atom is 0.306 e. The SMILES string of the molecule is O=[N+]([O-])c1cnc(Br)cc1Cl. The Kier molecular flexibility index (Phi) is 2.41. The molecule has 11 heavy (non-hydrogen) atoms. The van der Waals surface area contributed by atoms with Crippen LogP contribution in [0.5, 0.6) is 0 Å². The summed E-state index contributed by atoms with van der Waals surface area (Å²) in [6, 6.07) is 1.37. The molecule has 0 unspecified atom stereocenters. The molecule has 0 fully saturated rings. The zero-order valence-corrected chi connectivity index (χ0v) is 7.46. The highest BCUT2D eigenvalue weighted by Crippen LogP contribution is 2.24. The largest absolute Gasteiger partial charge is 0.306 e. The topological polar surface area (TPSA) is 56.0 Å². The van der Waals surface area contributed by atoms with Gasteiger partial charge in [-0.2, -0.15) is 0 Å². The number of halogens is 2. The molecule has 0 radical (unpaired) electrons. The molecule has 1 rings (SSSR count). The number of aromatic nitrogens is 1. The van der Waals surface area contributed by atoms with Gasteiger partial charge < -0.3 is 0 Å². The molecular weight excluding hydrogens is 235 g/mol. The highest BCUT2D eigenvalue weighted by molar-refractivity contribution is 9.10. The van der Waals surface area contributed by atoms with Crippen molar-refractivity contribution >= 4 is 33.2 Å². The van der Waals surface area contributed by atoms with Crippen LogP contribution in [0.25, 0.3) is 0 Å². The van der Waals surface area contributed by atoms with Gasteiger partial charge >= 0.3 is 5.69 Å². The van der Waals surface area contributed by atoms with E-state index < -0.39 is 4.92 Å². The minimum atomic E-state index is -0.582. The zero-order valence-electron chi connectivity index (χ0n) is 5.12. The lowest BCUT2D eigenvalue weighted by molar-refractivity contribution is -0.385. The van der Waals surface area contributed by atoms with Crippen LogP contribution in [0, 0.1) is 10.1 Å². The van der Waals surface area contributed by atoms with Crippen molar-refractivity contribution in [3.05, 3.63) is 32.0 Å². The van der Waals surface area contributed by atoms with Crippen molar-refractivity contribution < 1.29 is 4.92 Å². The third-order valence-corrected chi connectivity index (χ3v) is 1.73. The average Bonchev–Trinajstić information content (AvgIpc) is 1.85. The van der Waals surface area contributed by atoms with Gasteiger partial charge in [0.2, 0.25) is 0 Å². The molecule has 0 amide bonds. The van der Waals surface area contributed by atoms with Crippen LogP contribution in [0.3, 0.4) is 0 Å². The Morgan fingerprint density at radius 1 is 1.73 bits per heavy atom. The van der Waals surface area contributed by atoms with Crippen molar-refractivity contribution in [3.8, 4) is 0 Å². The van der Waals surface area contributed by atoms with E-state index in [0.29, 0.717) is 4.60 Å². The predicted octanol–water partition coefficient (Wildman–Crippen LogP) is 2.41. The summed E-state index contributed by atoms with van der Waals surface area (Å²) in [5, 5.41) is 10.3. The highest BCUT2D eigenvalue weighted by atomic mass is 79.9. The second-order valence-electron chi connectivity index (χ2n) is 1.72. The highest BCUT2D eigenvalue weighted by Gasteiger charge is 2.11. The Labute approximate surface area is 75.5 Å². The van der Waals surface area contributed by atoms with Crippen LogP contribution in [0.15, 0.2) is 16.9 Å². The molecule has 0 aromatic carbocycles. The molecule has 1 aromatic heterocycles. The molecule has 0 spiro atoms. The van der Waals surface area contributed by atoms with Gasteiger partial charge in [0.25, 0.3) is 0 Å². The van der Waals surface area contributed by atoms with E-state index in [1.165, 1.54) is 6.07 Å². The smallest absolute Gasteiger partial charge is 0.258 e. The number of hydrogen-bond donors (Lipinski definition) is 0. The Morgan fingerprint density at radius 3 is 2.82 bits per heavy atom. The first-order chi connectivity index (χ1) is 5.11. The normalized spacial score (nSPS) is 9.64. The summed E-state index contributed by atoms with van der Waals surface area (Å²) in [5.74, 6) is 0. The van der Waals surface area contributed by atoms with Gasteiger partial charge in [-0.1, -0.05) is 11.6 Å². The fourth-order valence-electron chi connectivity index (χ4n) is 0.535. The first-order valence-corrected chi connectivity index (χ1v) is 3.74. The maximum absolute atomic E-state index is 10.2. The van der Waals surface area contributed by atoms with Crippen LogP contribution < -0.4 is 0 Å². The van der Waals surface area contributed by atoms with Crippen molar-refractivity contribution in [1.82, 2.24) is 4.98 Å². The lowest BCUT2D eigenvalue weighted by Gasteiger charge is -1.93. The Balaban J connectivity index is 3.20. The van der Waals surface area contributed by atoms with E-state index in [9.17, 15) is 10.1 Å². The summed E-state index contributed by atoms with van der Waals surface area (Å²) in [5.41, 5.74) is -0.185. The summed E-state index contributed by atoms with van der Waals surface area (Å²) in [7, 11) is 0. The van der Waals surface area contributed by atoms with Gasteiger partial charge in [0.05, 0.1) is 4.92 Å². The van der Waals surface area contributed by atoms with Gasteiger partial charge in [-0.25, -0.2) is 4.98 Å². The molecule has 0 N–H and O–H groups in total. The van der Waals surface area contributed by atoms with E-state index in [-0.39, 0.29) is 10.7 Å². The lowest BCUT2D eigenvalue weighted by Crippen LogP contribution is -1.89. The number of nitro groups is 1. The van der Waals surface area contributed by atoms with E-state index in [1.54, 1.807) is 0 Å². The summed E-state index contributed by atoms with van der Waals surface area (Å²) < 4.78 is 0.480. The first-order valence-electron chi connectivity index (χ1n) is 2.56. The maximum atomic E-state index is 10.2. The van der Waals surface area contributed by atoms with E-state index in [1.807, 2.05) is 0 Å². The Morgan fingerprint density at radius 2 is 2.36 bits per heavy atom. The van der Waals surface area contributed by atoms with E-state index in [4.69, 9.17) is 11.6 Å². The minimum Gasteiger partial charge on any atom is -0.258 e. The molecule has 0 aliphatic carbocycles. The van der Waals surface area contributed by atoms with Gasteiger partial charge in [-0.15, -0.1) is 0 Å². The minimum absolute atomic E-state index is 0.0804. The molecule has 0 bridgehead atoms. The second-order valence-corrected chi connectivity index (χ2v) is 2.94. The van der Waals surface area contributed by atoms with Crippen LogP contribution in [-0.4, -0.2) is 9.91 Å². The molecular formula is C5H2BrClN2O2. The van der Waals surface area contributed by atoms with Crippen LogP contribution in [0.1, 0.15) is 0 Å². The zero-order chi connectivity index (χ0) is 8.43. The van der Waals surface area contributed by atoms with E-state index >= 15 is 0 Å². The quantitative estimate of drug-likeness (QED) is 0.428. The van der Waals surface area contributed by atoms with Crippen molar-refractivity contribution in [2.45, 2.75) is 0 Å². The third kappa shape index (κ3) is 1.87. The fourth-order valence-corrected chi connectivity index (χ4v) is 1.22. The van der Waals surface area contributed by atoms with E-state index in [2.05, 4.69) is 20.9 Å². The monoisotopic (exact) mass is 236 g/mol. The van der Waals surface area contributed by atoms with Crippen LogP contribution >= 0.6 is 27.5 Å². The van der Waals surface area contributed by atoms with Crippen LogP contribution in [0.4, 0.5) is 5.69 Å². The van der Waals surface area contributed by atoms with Gasteiger partial charge in [0.15, 0.2) is 0 Å². The third-order valence-electron chi connectivity index (χ3n) is 0.997. The van der Waals surface area contributed by atoms with Crippen molar-refractivity contribution in [2.24, 2.45) is 0 Å². The molecule has 6 heteroatoms. The van der Waals surface area contributed by atoms with E-state index in [0.717, 1.165) is 6.20 Å². The molecule has 58 valence electrons. The predicted molar refractivity (Wildman–Crippen MR) is 43.6 cm³/mol.